The van der Waals surface area contributed by atoms with Crippen LogP contribution in [-0.4, -0.2) is 46.1 Å². The first-order chi connectivity index (χ1) is 18.5. The van der Waals surface area contributed by atoms with Gasteiger partial charge in [-0.3, -0.25) is 4.79 Å². The van der Waals surface area contributed by atoms with Crippen LogP contribution in [0.1, 0.15) is 89.7 Å². The molecule has 39 heavy (non-hydrogen) atoms. The molecule has 5 aliphatic rings. The Labute approximate surface area is 233 Å². The molecule has 0 unspecified atom stereocenters. The lowest BCUT2D eigenvalue weighted by Gasteiger charge is -2.63. The maximum atomic E-state index is 14.9. The number of fused-ring (bicyclic) bond motifs is 6. The van der Waals surface area contributed by atoms with Gasteiger partial charge in [0.05, 0.1) is 24.0 Å². The van der Waals surface area contributed by atoms with Crippen molar-refractivity contribution in [3.05, 3.63) is 29.1 Å². The summed E-state index contributed by atoms with van der Waals surface area (Å²) < 4.78 is 14.9. The van der Waals surface area contributed by atoms with Gasteiger partial charge in [0.1, 0.15) is 5.82 Å². The van der Waals surface area contributed by atoms with Crippen molar-refractivity contribution in [1.29, 1.82) is 0 Å². The van der Waals surface area contributed by atoms with Crippen molar-refractivity contribution in [2.24, 2.45) is 46.3 Å². The van der Waals surface area contributed by atoms with Gasteiger partial charge in [0.15, 0.2) is 0 Å². The fraction of sp³-hybridized carbons (Fsp3) is 0.788. The predicted molar refractivity (Wildman–Crippen MR) is 150 cm³/mol. The molecule has 1 aliphatic heterocycles. The van der Waals surface area contributed by atoms with Crippen LogP contribution in [0.5, 0.6) is 0 Å². The van der Waals surface area contributed by atoms with E-state index in [1.165, 1.54) is 0 Å². The minimum absolute atomic E-state index is 0.00443. The third-order valence-electron chi connectivity index (χ3n) is 12.9. The van der Waals surface area contributed by atoms with E-state index in [0.29, 0.717) is 42.5 Å². The molecule has 1 amide bonds. The third-order valence-corrected chi connectivity index (χ3v) is 12.9. The molecule has 3 N–H and O–H groups in total. The van der Waals surface area contributed by atoms with Crippen LogP contribution in [0.3, 0.4) is 0 Å². The van der Waals surface area contributed by atoms with Crippen LogP contribution >= 0.6 is 0 Å². The van der Waals surface area contributed by atoms with Crippen molar-refractivity contribution >= 4 is 11.6 Å². The van der Waals surface area contributed by atoms with Gasteiger partial charge in [-0.15, -0.1) is 0 Å². The molecule has 6 rings (SSSR count). The van der Waals surface area contributed by atoms with E-state index >= 15 is 0 Å². The van der Waals surface area contributed by atoms with Crippen LogP contribution in [0.2, 0.25) is 0 Å². The van der Waals surface area contributed by atoms with Crippen molar-refractivity contribution in [2.45, 2.75) is 110 Å². The van der Waals surface area contributed by atoms with E-state index in [-0.39, 0.29) is 58.4 Å². The highest BCUT2D eigenvalue weighted by Gasteiger charge is 2.65. The van der Waals surface area contributed by atoms with Crippen molar-refractivity contribution < 1.29 is 24.5 Å². The number of benzene rings is 1. The highest BCUT2D eigenvalue weighted by Crippen LogP contribution is 2.68. The highest BCUT2D eigenvalue weighted by atomic mass is 19.1. The van der Waals surface area contributed by atoms with E-state index in [1.807, 2.05) is 6.07 Å². The Bertz CT molecular complexity index is 1130. The van der Waals surface area contributed by atoms with Gasteiger partial charge in [0.2, 0.25) is 5.91 Å². The largest absolute Gasteiger partial charge is 0.393 e. The number of hydrogen-bond donors (Lipinski definition) is 3. The van der Waals surface area contributed by atoms with Crippen LogP contribution in [0.4, 0.5) is 10.1 Å². The second kappa shape index (κ2) is 9.80. The summed E-state index contributed by atoms with van der Waals surface area (Å²) in [6.45, 7) is 9.14. The standard InChI is InChI=1S/C33H48FNO4/c1-18(6-10-28(39)35-14-12-20-7-5-19(2)30(34)31(20)35)23-8-9-24-29-25(17-27(38)33(23,24)4)32(3)13-11-22(36)15-21(32)16-26(29)37/h5,7,18,21-27,29,36-38H,6,8-17H2,1-4H3/t18-,21+,22-,23-,24+,25+,26-,27+,29+,32+,33-/m1/s1. The van der Waals surface area contributed by atoms with Gasteiger partial charge < -0.3 is 20.2 Å². The van der Waals surface area contributed by atoms with Gasteiger partial charge in [0, 0.05) is 13.0 Å². The molecule has 216 valence electrons. The molecule has 1 heterocycles. The summed E-state index contributed by atoms with van der Waals surface area (Å²) in [4.78, 5) is 15.0. The first kappa shape index (κ1) is 27.7. The molecule has 0 saturated heterocycles. The van der Waals surface area contributed by atoms with Gasteiger partial charge >= 0.3 is 0 Å². The maximum Gasteiger partial charge on any atom is 0.227 e. The number of aliphatic hydroxyl groups is 3. The molecule has 4 saturated carbocycles. The number of rotatable bonds is 4. The van der Waals surface area contributed by atoms with Crippen molar-refractivity contribution in [3.63, 3.8) is 0 Å². The summed E-state index contributed by atoms with van der Waals surface area (Å²) in [5.74, 6) is 1.35. The van der Waals surface area contributed by atoms with Crippen LogP contribution in [-0.2, 0) is 11.2 Å². The number of aryl methyl sites for hydroxylation is 1. The van der Waals surface area contributed by atoms with Crippen LogP contribution in [0, 0.1) is 59.1 Å². The summed E-state index contributed by atoms with van der Waals surface area (Å²) >= 11 is 0. The average Bonchev–Trinajstić information content (AvgIpc) is 3.49. The second-order valence-corrected chi connectivity index (χ2v) is 14.5. The quantitative estimate of drug-likeness (QED) is 0.477. The highest BCUT2D eigenvalue weighted by molar-refractivity contribution is 5.95. The normalized spacial score (nSPS) is 43.8. The topological polar surface area (TPSA) is 81.0 Å². The Morgan fingerprint density at radius 2 is 1.87 bits per heavy atom. The number of amides is 1. The van der Waals surface area contributed by atoms with Gasteiger partial charge in [-0.05, 0) is 122 Å². The first-order valence-electron chi connectivity index (χ1n) is 15.6. The van der Waals surface area contributed by atoms with Gasteiger partial charge in [-0.1, -0.05) is 32.9 Å². The van der Waals surface area contributed by atoms with Crippen molar-refractivity contribution in [3.8, 4) is 0 Å². The molecule has 1 aromatic rings. The molecule has 1 aromatic carbocycles. The summed E-state index contributed by atoms with van der Waals surface area (Å²) in [7, 11) is 0. The zero-order valence-electron chi connectivity index (χ0n) is 24.2. The molecule has 4 aliphatic carbocycles. The molecule has 0 aromatic heterocycles. The Balaban J connectivity index is 1.17. The molecule has 6 heteroatoms. The average molecular weight is 542 g/mol. The Kier molecular flexibility index (Phi) is 6.95. The number of carbonyl (C=O) groups is 1. The maximum absolute atomic E-state index is 14.9. The number of nitrogens with zero attached hydrogens (tertiary/aromatic N) is 1. The molecule has 0 bridgehead atoms. The van der Waals surface area contributed by atoms with E-state index in [4.69, 9.17) is 0 Å². The lowest BCUT2D eigenvalue weighted by Crippen LogP contribution is -2.62. The monoisotopic (exact) mass is 541 g/mol. The molecular formula is C33H48FNO4. The predicted octanol–water partition coefficient (Wildman–Crippen LogP) is 5.40. The van der Waals surface area contributed by atoms with Crippen LogP contribution < -0.4 is 4.90 Å². The molecule has 11 atom stereocenters. The summed E-state index contributed by atoms with van der Waals surface area (Å²) in [6, 6.07) is 3.74. The molecule has 4 fully saturated rings. The molecule has 0 spiro atoms. The Hall–Kier alpha value is -1.50. The fourth-order valence-electron chi connectivity index (χ4n) is 10.6. The zero-order chi connectivity index (χ0) is 27.9. The lowest BCUT2D eigenvalue weighted by molar-refractivity contribution is -0.207. The van der Waals surface area contributed by atoms with E-state index < -0.39 is 6.10 Å². The van der Waals surface area contributed by atoms with Crippen molar-refractivity contribution in [1.82, 2.24) is 0 Å². The summed E-state index contributed by atoms with van der Waals surface area (Å²) in [5, 5.41) is 33.6. The van der Waals surface area contributed by atoms with Gasteiger partial charge in [0.25, 0.3) is 0 Å². The van der Waals surface area contributed by atoms with Crippen molar-refractivity contribution in [2.75, 3.05) is 11.4 Å². The first-order valence-corrected chi connectivity index (χ1v) is 15.6. The van der Waals surface area contributed by atoms with Crippen LogP contribution in [0.15, 0.2) is 12.1 Å². The summed E-state index contributed by atoms with van der Waals surface area (Å²) in [6.07, 6.45) is 6.84. The number of hydrogen-bond acceptors (Lipinski definition) is 4. The number of carbonyl (C=O) groups excluding carboxylic acids is 1. The molecule has 5 nitrogen and oxygen atoms in total. The molecular weight excluding hydrogens is 493 g/mol. The van der Waals surface area contributed by atoms with Gasteiger partial charge in [-0.2, -0.15) is 0 Å². The number of halogens is 1. The SMILES string of the molecule is Cc1ccc2c(c1F)N(C(=O)CC[C@@H](C)[C@H]1CC[C@H]3[C@@H]4[C@H](O)C[C@@H]5C[C@H](O)CC[C@]5(C)[C@H]4C[C@H](O)[C@]13C)CC2. The Morgan fingerprint density at radius 1 is 1.10 bits per heavy atom. The second-order valence-electron chi connectivity index (χ2n) is 14.5. The smallest absolute Gasteiger partial charge is 0.227 e. The minimum atomic E-state index is -0.424. The number of aliphatic hydroxyl groups excluding tert-OH is 3. The van der Waals surface area contributed by atoms with E-state index in [2.05, 4.69) is 20.8 Å². The molecule has 0 radical (unpaired) electrons. The number of anilines is 1. The van der Waals surface area contributed by atoms with E-state index in [1.54, 1.807) is 17.9 Å². The van der Waals surface area contributed by atoms with E-state index in [0.717, 1.165) is 56.9 Å². The van der Waals surface area contributed by atoms with Crippen LogP contribution in [0.25, 0.3) is 0 Å². The third kappa shape index (κ3) is 4.14. The van der Waals surface area contributed by atoms with Gasteiger partial charge in [-0.25, -0.2) is 4.39 Å². The zero-order valence-corrected chi connectivity index (χ0v) is 24.2. The Morgan fingerprint density at radius 3 is 2.64 bits per heavy atom. The van der Waals surface area contributed by atoms with E-state index in [9.17, 15) is 24.5 Å². The summed E-state index contributed by atoms with van der Waals surface area (Å²) in [5.41, 5.74) is 1.76. The minimum Gasteiger partial charge on any atom is -0.393 e. The lowest BCUT2D eigenvalue weighted by atomic mass is 9.43. The fourth-order valence-corrected chi connectivity index (χ4v) is 10.6.